The number of thioether (sulfide) groups is 1. The van der Waals surface area contributed by atoms with Crippen molar-refractivity contribution in [2.45, 2.75) is 16.5 Å². The number of fused-ring (bicyclic) bond motifs is 1. The van der Waals surface area contributed by atoms with E-state index in [1.54, 1.807) is 30.2 Å². The summed E-state index contributed by atoms with van der Waals surface area (Å²) in [5.41, 5.74) is 1.76. The van der Waals surface area contributed by atoms with Crippen molar-refractivity contribution in [1.29, 1.82) is 0 Å². The average molecular weight is 404 g/mol. The molecule has 5 nitrogen and oxygen atoms in total. The van der Waals surface area contributed by atoms with E-state index in [4.69, 9.17) is 20.8 Å². The summed E-state index contributed by atoms with van der Waals surface area (Å²) in [5.74, 6) is 1.85. The first-order valence-corrected chi connectivity index (χ1v) is 9.90. The monoisotopic (exact) mass is 403 g/mol. The second kappa shape index (κ2) is 7.26. The Labute approximate surface area is 163 Å². The highest BCUT2D eigenvalue weighted by molar-refractivity contribution is 8.01. The van der Waals surface area contributed by atoms with E-state index < -0.39 is 0 Å². The Morgan fingerprint density at radius 1 is 1.15 bits per heavy atom. The van der Waals surface area contributed by atoms with Gasteiger partial charge in [-0.05, 0) is 49.4 Å². The van der Waals surface area contributed by atoms with E-state index in [9.17, 15) is 0 Å². The molecule has 2 heterocycles. The van der Waals surface area contributed by atoms with Crippen molar-refractivity contribution in [1.82, 2.24) is 15.2 Å². The van der Waals surface area contributed by atoms with Gasteiger partial charge in [0, 0.05) is 10.6 Å². The van der Waals surface area contributed by atoms with Crippen LogP contribution in [0.5, 0.6) is 5.75 Å². The van der Waals surface area contributed by atoms with Crippen molar-refractivity contribution in [3.63, 3.8) is 0 Å². The Balaban J connectivity index is 1.52. The summed E-state index contributed by atoms with van der Waals surface area (Å²) in [6.45, 7) is 2.02. The molecule has 0 fully saturated rings. The van der Waals surface area contributed by atoms with E-state index >= 15 is 0 Å². The van der Waals surface area contributed by atoms with Gasteiger partial charge in [-0.2, -0.15) is 0 Å². The van der Waals surface area contributed by atoms with Crippen LogP contribution in [0.15, 0.2) is 51.2 Å². The molecule has 0 amide bonds. The van der Waals surface area contributed by atoms with Gasteiger partial charge in [-0.1, -0.05) is 23.4 Å². The van der Waals surface area contributed by atoms with E-state index in [1.807, 2.05) is 49.4 Å². The molecule has 0 unspecified atom stereocenters. The fraction of sp³-hybridized carbons (Fsp3) is 0.167. The van der Waals surface area contributed by atoms with Crippen molar-refractivity contribution in [2.24, 2.45) is 0 Å². The maximum atomic E-state index is 6.03. The molecule has 132 valence electrons. The Morgan fingerprint density at radius 3 is 2.73 bits per heavy atom. The zero-order valence-corrected chi connectivity index (χ0v) is 16.4. The molecule has 8 heteroatoms. The summed E-state index contributed by atoms with van der Waals surface area (Å²) in [5, 5.41) is 9.02. The minimum atomic E-state index is -0.00877. The van der Waals surface area contributed by atoms with E-state index in [2.05, 4.69) is 15.2 Å². The molecule has 2 aromatic heterocycles. The van der Waals surface area contributed by atoms with Crippen LogP contribution >= 0.6 is 34.7 Å². The maximum Gasteiger partial charge on any atom is 0.247 e. The van der Waals surface area contributed by atoms with Crippen LogP contribution in [0.1, 0.15) is 18.1 Å². The van der Waals surface area contributed by atoms with Gasteiger partial charge < -0.3 is 9.15 Å². The Hall–Kier alpha value is -2.09. The number of ether oxygens (including phenoxy) is 1. The number of nitrogens with zero attached hydrogens (tertiary/aromatic N) is 3. The van der Waals surface area contributed by atoms with Gasteiger partial charge in [0.05, 0.1) is 22.6 Å². The molecule has 0 aliphatic rings. The van der Waals surface area contributed by atoms with Crippen molar-refractivity contribution < 1.29 is 9.15 Å². The normalized spacial score (nSPS) is 12.4. The molecule has 26 heavy (non-hydrogen) atoms. The molecule has 0 radical (unpaired) electrons. The summed E-state index contributed by atoms with van der Waals surface area (Å²) in [6, 6.07) is 13.2. The lowest BCUT2D eigenvalue weighted by Gasteiger charge is -2.03. The summed E-state index contributed by atoms with van der Waals surface area (Å²) in [7, 11) is 1.63. The zero-order chi connectivity index (χ0) is 18.1. The van der Waals surface area contributed by atoms with Crippen molar-refractivity contribution in [3.8, 4) is 17.2 Å². The topological polar surface area (TPSA) is 61.0 Å². The number of hydrogen-bond acceptors (Lipinski definition) is 7. The molecule has 0 spiro atoms. The number of aromatic nitrogens is 3. The van der Waals surface area contributed by atoms with Crippen LogP contribution in [0.25, 0.3) is 21.7 Å². The van der Waals surface area contributed by atoms with E-state index in [0.29, 0.717) is 16.8 Å². The third-order valence-electron chi connectivity index (χ3n) is 3.73. The van der Waals surface area contributed by atoms with Crippen LogP contribution in [0, 0.1) is 0 Å². The smallest absolute Gasteiger partial charge is 0.247 e. The molecule has 0 aliphatic carbocycles. The van der Waals surface area contributed by atoms with Crippen molar-refractivity contribution >= 4 is 44.9 Å². The Bertz CT molecular complexity index is 1050. The molecule has 0 bridgehead atoms. The first-order valence-electron chi connectivity index (χ1n) is 7.83. The number of hydrogen-bond donors (Lipinski definition) is 0. The van der Waals surface area contributed by atoms with Gasteiger partial charge >= 0.3 is 0 Å². The summed E-state index contributed by atoms with van der Waals surface area (Å²) in [4.78, 5) is 4.62. The summed E-state index contributed by atoms with van der Waals surface area (Å²) < 4.78 is 13.1. The predicted octanol–water partition coefficient (Wildman–Crippen LogP) is 5.86. The molecule has 4 aromatic rings. The molecular weight excluding hydrogens is 390 g/mol. The number of rotatable bonds is 5. The molecule has 1 atom stereocenters. The van der Waals surface area contributed by atoms with Gasteiger partial charge in [0.2, 0.25) is 11.8 Å². The lowest BCUT2D eigenvalue weighted by atomic mass is 10.2. The minimum Gasteiger partial charge on any atom is -0.497 e. The standard InChI is InChI=1S/C18H14ClN3O2S2/c1-10(25-18-20-14-9-12(19)5-8-15(14)26-18)16-21-22-17(24-16)11-3-6-13(23-2)7-4-11/h3-10H,1-2H3/t10-/m0/s1. The number of thiazole rings is 1. The predicted molar refractivity (Wildman–Crippen MR) is 105 cm³/mol. The average Bonchev–Trinajstić information content (AvgIpc) is 3.28. The van der Waals surface area contributed by atoms with Gasteiger partial charge in [0.1, 0.15) is 5.75 Å². The zero-order valence-electron chi connectivity index (χ0n) is 14.0. The van der Waals surface area contributed by atoms with E-state index in [1.165, 1.54) is 0 Å². The fourth-order valence-electron chi connectivity index (χ4n) is 2.38. The second-order valence-electron chi connectivity index (χ2n) is 5.53. The largest absolute Gasteiger partial charge is 0.497 e. The number of methoxy groups -OCH3 is 1. The van der Waals surface area contributed by atoms with Crippen LogP contribution in [0.3, 0.4) is 0 Å². The third kappa shape index (κ3) is 3.56. The second-order valence-corrected chi connectivity index (χ2v) is 8.58. The minimum absolute atomic E-state index is 0.00877. The number of halogens is 1. The van der Waals surface area contributed by atoms with E-state index in [0.717, 1.165) is 25.9 Å². The molecule has 4 rings (SSSR count). The molecule has 0 N–H and O–H groups in total. The molecule has 2 aromatic carbocycles. The van der Waals surface area contributed by atoms with Crippen LogP contribution < -0.4 is 4.74 Å². The Morgan fingerprint density at radius 2 is 1.96 bits per heavy atom. The van der Waals surface area contributed by atoms with Gasteiger partial charge in [-0.25, -0.2) is 4.98 Å². The summed E-state index contributed by atoms with van der Waals surface area (Å²) in [6.07, 6.45) is 0. The van der Waals surface area contributed by atoms with Crippen LogP contribution in [-0.4, -0.2) is 22.3 Å². The highest BCUT2D eigenvalue weighted by Gasteiger charge is 2.18. The van der Waals surface area contributed by atoms with Crippen molar-refractivity contribution in [2.75, 3.05) is 7.11 Å². The van der Waals surface area contributed by atoms with E-state index in [-0.39, 0.29) is 5.25 Å². The van der Waals surface area contributed by atoms with Gasteiger partial charge in [0.15, 0.2) is 4.34 Å². The summed E-state index contributed by atoms with van der Waals surface area (Å²) >= 11 is 9.24. The fourth-order valence-corrected chi connectivity index (χ4v) is 4.77. The quantitative estimate of drug-likeness (QED) is 0.389. The molecule has 0 saturated heterocycles. The van der Waals surface area contributed by atoms with Crippen molar-refractivity contribution in [3.05, 3.63) is 53.4 Å². The van der Waals surface area contributed by atoms with Gasteiger partial charge in [0.25, 0.3) is 0 Å². The van der Waals surface area contributed by atoms with Gasteiger partial charge in [-0.3, -0.25) is 0 Å². The lowest BCUT2D eigenvalue weighted by molar-refractivity contribution is 0.415. The molecular formula is C18H14ClN3O2S2. The SMILES string of the molecule is COc1ccc(-c2nnc([C@H](C)Sc3nc4cc(Cl)ccc4s3)o2)cc1. The van der Waals surface area contributed by atoms with Crippen LogP contribution in [0.2, 0.25) is 5.02 Å². The lowest BCUT2D eigenvalue weighted by Crippen LogP contribution is -1.88. The third-order valence-corrected chi connectivity index (χ3v) is 6.19. The molecule has 0 saturated carbocycles. The maximum absolute atomic E-state index is 6.03. The van der Waals surface area contributed by atoms with Crippen LogP contribution in [0.4, 0.5) is 0 Å². The molecule has 0 aliphatic heterocycles. The number of benzene rings is 2. The van der Waals surface area contributed by atoms with Gasteiger partial charge in [-0.15, -0.1) is 21.5 Å². The Kier molecular flexibility index (Phi) is 4.84. The highest BCUT2D eigenvalue weighted by Crippen LogP contribution is 2.39. The highest BCUT2D eigenvalue weighted by atomic mass is 35.5. The van der Waals surface area contributed by atoms with Crippen LogP contribution in [-0.2, 0) is 0 Å². The first-order chi connectivity index (χ1) is 12.6. The first kappa shape index (κ1) is 17.3.